The van der Waals surface area contributed by atoms with Gasteiger partial charge in [0.25, 0.3) is 0 Å². The van der Waals surface area contributed by atoms with Crippen LogP contribution in [0.15, 0.2) is 18.2 Å². The number of rotatable bonds is 1. The predicted octanol–water partition coefficient (Wildman–Crippen LogP) is 4.83. The first kappa shape index (κ1) is 14.1. The SMILES string of the molecule is Cc1cc(F)c(-c2nc3c(Cl)c(O)[nH]c3cc2Cl)c(F)c1. The zero-order chi connectivity index (χ0) is 15.3. The second-order valence-electron chi connectivity index (χ2n) is 4.61. The third-order valence-corrected chi connectivity index (χ3v) is 3.71. The fourth-order valence-corrected chi connectivity index (χ4v) is 2.58. The van der Waals surface area contributed by atoms with Crippen LogP contribution in [0, 0.1) is 18.6 Å². The highest BCUT2D eigenvalue weighted by atomic mass is 35.5. The summed E-state index contributed by atoms with van der Waals surface area (Å²) in [7, 11) is 0. The van der Waals surface area contributed by atoms with Crippen LogP contribution < -0.4 is 0 Å². The lowest BCUT2D eigenvalue weighted by Crippen LogP contribution is -1.95. The van der Waals surface area contributed by atoms with E-state index in [2.05, 4.69) is 9.97 Å². The molecule has 3 aromatic rings. The molecule has 3 rings (SSSR count). The monoisotopic (exact) mass is 328 g/mol. The van der Waals surface area contributed by atoms with Gasteiger partial charge in [0.15, 0.2) is 0 Å². The van der Waals surface area contributed by atoms with Crippen LogP contribution in [0.3, 0.4) is 0 Å². The Hall–Kier alpha value is -1.85. The molecule has 0 spiro atoms. The molecule has 0 atom stereocenters. The highest BCUT2D eigenvalue weighted by Crippen LogP contribution is 2.37. The van der Waals surface area contributed by atoms with Crippen molar-refractivity contribution in [3.63, 3.8) is 0 Å². The third-order valence-electron chi connectivity index (χ3n) is 3.07. The maximum Gasteiger partial charge on any atom is 0.210 e. The van der Waals surface area contributed by atoms with E-state index < -0.39 is 11.6 Å². The molecule has 7 heteroatoms. The number of benzene rings is 1. The number of nitrogens with zero attached hydrogens (tertiary/aromatic N) is 1. The molecule has 21 heavy (non-hydrogen) atoms. The van der Waals surface area contributed by atoms with Crippen LogP contribution in [0.1, 0.15) is 5.56 Å². The van der Waals surface area contributed by atoms with Gasteiger partial charge in [0, 0.05) is 0 Å². The van der Waals surface area contributed by atoms with Crippen molar-refractivity contribution < 1.29 is 13.9 Å². The van der Waals surface area contributed by atoms with E-state index in [1.54, 1.807) is 6.92 Å². The quantitative estimate of drug-likeness (QED) is 0.672. The van der Waals surface area contributed by atoms with E-state index in [4.69, 9.17) is 23.2 Å². The molecule has 0 radical (unpaired) electrons. The van der Waals surface area contributed by atoms with Crippen LogP contribution in [-0.4, -0.2) is 15.1 Å². The summed E-state index contributed by atoms with van der Waals surface area (Å²) in [5, 5.41) is 9.53. The topological polar surface area (TPSA) is 48.9 Å². The van der Waals surface area contributed by atoms with Crippen molar-refractivity contribution in [3.05, 3.63) is 45.4 Å². The van der Waals surface area contributed by atoms with Crippen LogP contribution in [-0.2, 0) is 0 Å². The van der Waals surface area contributed by atoms with Gasteiger partial charge >= 0.3 is 0 Å². The number of nitrogens with one attached hydrogen (secondary N) is 1. The number of aryl methyl sites for hydroxylation is 1. The van der Waals surface area contributed by atoms with Gasteiger partial charge in [0.2, 0.25) is 5.88 Å². The van der Waals surface area contributed by atoms with Crippen molar-refractivity contribution in [1.29, 1.82) is 0 Å². The number of aromatic nitrogens is 2. The average molecular weight is 329 g/mol. The summed E-state index contributed by atoms with van der Waals surface area (Å²) in [4.78, 5) is 6.66. The van der Waals surface area contributed by atoms with E-state index >= 15 is 0 Å². The van der Waals surface area contributed by atoms with Gasteiger partial charge in [-0.3, -0.25) is 0 Å². The molecule has 3 nitrogen and oxygen atoms in total. The molecule has 0 aliphatic heterocycles. The molecule has 0 bridgehead atoms. The minimum Gasteiger partial charge on any atom is -0.493 e. The van der Waals surface area contributed by atoms with Gasteiger partial charge in [-0.25, -0.2) is 13.8 Å². The fraction of sp³-hybridized carbons (Fsp3) is 0.0714. The van der Waals surface area contributed by atoms with Crippen LogP contribution >= 0.6 is 23.2 Å². The molecule has 0 unspecified atom stereocenters. The number of aromatic amines is 1. The van der Waals surface area contributed by atoms with E-state index in [1.165, 1.54) is 18.2 Å². The summed E-state index contributed by atoms with van der Waals surface area (Å²) in [5.74, 6) is -1.81. The lowest BCUT2D eigenvalue weighted by atomic mass is 10.1. The van der Waals surface area contributed by atoms with Gasteiger partial charge in [0.1, 0.15) is 22.2 Å². The molecular formula is C14H8Cl2F2N2O. The van der Waals surface area contributed by atoms with Crippen LogP contribution in [0.4, 0.5) is 8.78 Å². The number of hydrogen-bond donors (Lipinski definition) is 2. The zero-order valence-electron chi connectivity index (χ0n) is 10.6. The van der Waals surface area contributed by atoms with E-state index in [9.17, 15) is 13.9 Å². The Morgan fingerprint density at radius 2 is 1.76 bits per heavy atom. The van der Waals surface area contributed by atoms with E-state index in [0.717, 1.165) is 0 Å². The number of hydrogen-bond acceptors (Lipinski definition) is 2. The van der Waals surface area contributed by atoms with Crippen LogP contribution in [0.2, 0.25) is 10.0 Å². The van der Waals surface area contributed by atoms with Crippen LogP contribution in [0.5, 0.6) is 5.88 Å². The van der Waals surface area contributed by atoms with Crippen molar-refractivity contribution in [2.45, 2.75) is 6.92 Å². The molecule has 2 aromatic heterocycles. The molecule has 0 saturated carbocycles. The number of H-pyrrole nitrogens is 1. The first-order valence-corrected chi connectivity index (χ1v) is 6.66. The first-order chi connectivity index (χ1) is 9.88. The second-order valence-corrected chi connectivity index (χ2v) is 5.39. The molecule has 1 aromatic carbocycles. The number of halogens is 4. The number of pyridine rings is 1. The summed E-state index contributed by atoms with van der Waals surface area (Å²) in [5.41, 5.74) is 0.611. The van der Waals surface area contributed by atoms with Gasteiger partial charge in [-0.15, -0.1) is 0 Å². The predicted molar refractivity (Wildman–Crippen MR) is 77.9 cm³/mol. The maximum absolute atomic E-state index is 14.1. The highest BCUT2D eigenvalue weighted by Gasteiger charge is 2.20. The van der Waals surface area contributed by atoms with Crippen molar-refractivity contribution >= 4 is 34.2 Å². The Morgan fingerprint density at radius 1 is 1.14 bits per heavy atom. The highest BCUT2D eigenvalue weighted by molar-refractivity contribution is 6.37. The van der Waals surface area contributed by atoms with E-state index in [-0.39, 0.29) is 32.7 Å². The Bertz CT molecular complexity index is 854. The standard InChI is InChI=1S/C14H8Cl2F2N2O/c1-5-2-7(17)10(8(18)3-5)12-6(15)4-9-13(20-12)11(16)14(21)19-9/h2-4,19,21H,1H3. The molecule has 0 aliphatic rings. The number of aromatic hydroxyl groups is 1. The van der Waals surface area contributed by atoms with Crippen molar-refractivity contribution in [2.75, 3.05) is 0 Å². The summed E-state index contributed by atoms with van der Waals surface area (Å²) >= 11 is 11.9. The fourth-order valence-electron chi connectivity index (χ4n) is 2.15. The zero-order valence-corrected chi connectivity index (χ0v) is 12.2. The van der Waals surface area contributed by atoms with Gasteiger partial charge in [-0.1, -0.05) is 23.2 Å². The van der Waals surface area contributed by atoms with Gasteiger partial charge in [-0.05, 0) is 30.7 Å². The molecule has 2 N–H and O–H groups in total. The molecule has 0 amide bonds. The second kappa shape index (κ2) is 4.86. The Kier molecular flexibility index (Phi) is 3.26. The minimum atomic E-state index is -0.767. The summed E-state index contributed by atoms with van der Waals surface area (Å²) in [6.45, 7) is 1.58. The van der Waals surface area contributed by atoms with Crippen LogP contribution in [0.25, 0.3) is 22.3 Å². The Labute approximate surface area is 128 Å². The van der Waals surface area contributed by atoms with Gasteiger partial charge in [0.05, 0.1) is 21.8 Å². The molecule has 2 heterocycles. The van der Waals surface area contributed by atoms with Crippen molar-refractivity contribution in [3.8, 4) is 17.1 Å². The minimum absolute atomic E-state index is 0.0316. The lowest BCUT2D eigenvalue weighted by molar-refractivity contribution is 0.458. The Balaban J connectivity index is 2.35. The van der Waals surface area contributed by atoms with Crippen molar-refractivity contribution in [1.82, 2.24) is 9.97 Å². The molecule has 0 fully saturated rings. The van der Waals surface area contributed by atoms with E-state index in [0.29, 0.717) is 11.1 Å². The maximum atomic E-state index is 14.1. The normalized spacial score (nSPS) is 11.3. The van der Waals surface area contributed by atoms with E-state index in [1.807, 2.05) is 0 Å². The smallest absolute Gasteiger partial charge is 0.210 e. The van der Waals surface area contributed by atoms with Crippen molar-refractivity contribution in [2.24, 2.45) is 0 Å². The molecule has 0 aliphatic carbocycles. The Morgan fingerprint density at radius 3 is 2.38 bits per heavy atom. The molecule has 108 valence electrons. The van der Waals surface area contributed by atoms with Gasteiger partial charge < -0.3 is 10.1 Å². The van der Waals surface area contributed by atoms with Gasteiger partial charge in [-0.2, -0.15) is 0 Å². The largest absolute Gasteiger partial charge is 0.493 e. The third kappa shape index (κ3) is 2.22. The molecular weight excluding hydrogens is 321 g/mol. The number of fused-ring (bicyclic) bond motifs is 1. The molecule has 0 saturated heterocycles. The summed E-state index contributed by atoms with van der Waals surface area (Å²) in [6, 6.07) is 3.79. The summed E-state index contributed by atoms with van der Waals surface area (Å²) in [6.07, 6.45) is 0. The summed E-state index contributed by atoms with van der Waals surface area (Å²) < 4.78 is 28.1. The first-order valence-electron chi connectivity index (χ1n) is 5.91. The lowest BCUT2D eigenvalue weighted by Gasteiger charge is -2.08. The average Bonchev–Trinajstić information content (AvgIpc) is 2.64.